The van der Waals surface area contributed by atoms with Crippen molar-refractivity contribution in [3.8, 4) is 5.75 Å². The summed E-state index contributed by atoms with van der Waals surface area (Å²) in [6, 6.07) is 25.2. The van der Waals surface area contributed by atoms with E-state index in [2.05, 4.69) is 35.2 Å². The van der Waals surface area contributed by atoms with E-state index in [4.69, 9.17) is 4.74 Å². The van der Waals surface area contributed by atoms with Gasteiger partial charge in [-0.25, -0.2) is 4.39 Å². The van der Waals surface area contributed by atoms with Gasteiger partial charge in [0.25, 0.3) is 5.91 Å². The van der Waals surface area contributed by atoms with Crippen LogP contribution in [0.5, 0.6) is 5.75 Å². The molecule has 0 aromatic heterocycles. The highest BCUT2D eigenvalue weighted by Crippen LogP contribution is 2.38. The molecule has 0 bridgehead atoms. The van der Waals surface area contributed by atoms with Crippen LogP contribution in [0.4, 0.5) is 10.1 Å². The average molecular weight is 487 g/mol. The molecule has 188 valence electrons. The maximum Gasteiger partial charge on any atom is 0.258 e. The number of piperidine rings is 1. The molecule has 3 aromatic rings. The third kappa shape index (κ3) is 5.31. The molecule has 1 saturated heterocycles. The summed E-state index contributed by atoms with van der Waals surface area (Å²) in [5, 5.41) is 0. The van der Waals surface area contributed by atoms with Gasteiger partial charge in [-0.3, -0.25) is 9.69 Å². The summed E-state index contributed by atoms with van der Waals surface area (Å²) in [5.74, 6) is 0.914. The fraction of sp³-hybridized carbons (Fsp3) is 0.387. The number of methoxy groups -OCH3 is 1. The fourth-order valence-electron chi connectivity index (χ4n) is 6.08. The zero-order chi connectivity index (χ0) is 24.9. The Bertz CT molecular complexity index is 1130. The molecule has 5 rings (SSSR count). The Hall–Kier alpha value is -3.18. The van der Waals surface area contributed by atoms with Crippen LogP contribution in [-0.2, 0) is 0 Å². The van der Waals surface area contributed by atoms with Gasteiger partial charge in [0, 0.05) is 36.4 Å². The zero-order valence-electron chi connectivity index (χ0n) is 21.0. The molecule has 0 N–H and O–H groups in total. The molecule has 1 aliphatic carbocycles. The molecular formula is C31H35FN2O2. The van der Waals surface area contributed by atoms with Gasteiger partial charge in [0.2, 0.25) is 0 Å². The minimum Gasteiger partial charge on any atom is -0.497 e. The summed E-state index contributed by atoms with van der Waals surface area (Å²) in [6.45, 7) is 1.95. The first kappa shape index (κ1) is 24.5. The first-order chi connectivity index (χ1) is 17.6. The average Bonchev–Trinajstić information content (AvgIpc) is 2.95. The van der Waals surface area contributed by atoms with Gasteiger partial charge in [-0.05, 0) is 85.7 Å². The second-order valence-corrected chi connectivity index (χ2v) is 10.0. The van der Waals surface area contributed by atoms with E-state index in [1.807, 2.05) is 29.2 Å². The van der Waals surface area contributed by atoms with Crippen LogP contribution in [0.15, 0.2) is 78.9 Å². The summed E-state index contributed by atoms with van der Waals surface area (Å²) in [7, 11) is 1.64. The predicted octanol–water partition coefficient (Wildman–Crippen LogP) is 6.67. The summed E-state index contributed by atoms with van der Waals surface area (Å²) in [5.41, 5.74) is 2.81. The molecule has 0 spiro atoms. The minimum atomic E-state index is -0.337. The monoisotopic (exact) mass is 486 g/mol. The van der Waals surface area contributed by atoms with Gasteiger partial charge in [-0.2, -0.15) is 0 Å². The summed E-state index contributed by atoms with van der Waals surface area (Å²) in [6.07, 6.45) is 6.89. The Balaban J connectivity index is 1.35. The number of hydrogen-bond acceptors (Lipinski definition) is 3. The standard InChI is InChI=1S/C31H35FN2O2/c1-36-28-17-15-26(16-18-28)34(31(35)24-11-13-25(32)14-12-24)27-19-21-33(22-20-27)30-10-6-5-9-29(30)23-7-3-2-4-8-23/h2-4,7-8,11-18,27,29-30H,5-6,9-10,19-22H2,1H3/t29-,30-/m1/s1. The third-order valence-electron chi connectivity index (χ3n) is 7.95. The lowest BCUT2D eigenvalue weighted by atomic mass is 9.78. The normalized spacial score (nSPS) is 21.2. The van der Waals surface area contributed by atoms with E-state index in [-0.39, 0.29) is 17.8 Å². The smallest absolute Gasteiger partial charge is 0.258 e. The first-order valence-corrected chi connectivity index (χ1v) is 13.2. The quantitative estimate of drug-likeness (QED) is 0.390. The van der Waals surface area contributed by atoms with Gasteiger partial charge in [0.15, 0.2) is 0 Å². The molecule has 1 saturated carbocycles. The Morgan fingerprint density at radius 2 is 1.53 bits per heavy atom. The molecule has 1 aliphatic heterocycles. The number of hydrogen-bond donors (Lipinski definition) is 0. The highest BCUT2D eigenvalue weighted by molar-refractivity contribution is 6.06. The number of benzene rings is 3. The van der Waals surface area contributed by atoms with Crippen molar-refractivity contribution in [1.82, 2.24) is 4.90 Å². The highest BCUT2D eigenvalue weighted by Gasteiger charge is 2.36. The number of amides is 1. The Labute approximate surface area is 213 Å². The van der Waals surface area contributed by atoms with E-state index in [0.29, 0.717) is 17.5 Å². The molecule has 1 amide bonds. The van der Waals surface area contributed by atoms with E-state index in [1.54, 1.807) is 19.2 Å². The van der Waals surface area contributed by atoms with Crippen molar-refractivity contribution in [3.63, 3.8) is 0 Å². The predicted molar refractivity (Wildman–Crippen MR) is 142 cm³/mol. The maximum atomic E-state index is 13.7. The van der Waals surface area contributed by atoms with Crippen LogP contribution in [0, 0.1) is 5.82 Å². The molecule has 2 atom stereocenters. The van der Waals surface area contributed by atoms with E-state index >= 15 is 0 Å². The number of nitrogens with zero attached hydrogens (tertiary/aromatic N) is 2. The molecule has 5 heteroatoms. The number of halogens is 1. The van der Waals surface area contributed by atoms with Gasteiger partial charge in [-0.1, -0.05) is 43.2 Å². The van der Waals surface area contributed by atoms with Crippen LogP contribution in [0.2, 0.25) is 0 Å². The lowest BCUT2D eigenvalue weighted by Crippen LogP contribution is -2.51. The van der Waals surface area contributed by atoms with Crippen molar-refractivity contribution in [3.05, 3.63) is 95.8 Å². The van der Waals surface area contributed by atoms with Gasteiger partial charge >= 0.3 is 0 Å². The topological polar surface area (TPSA) is 32.8 Å². The van der Waals surface area contributed by atoms with E-state index in [1.165, 1.54) is 43.4 Å². The summed E-state index contributed by atoms with van der Waals surface area (Å²) in [4.78, 5) is 18.3. The Morgan fingerprint density at radius 3 is 2.19 bits per heavy atom. The summed E-state index contributed by atoms with van der Waals surface area (Å²) < 4.78 is 18.9. The molecule has 2 aliphatic rings. The molecular weight excluding hydrogens is 451 g/mol. The molecule has 0 unspecified atom stereocenters. The highest BCUT2D eigenvalue weighted by atomic mass is 19.1. The zero-order valence-corrected chi connectivity index (χ0v) is 21.0. The third-order valence-corrected chi connectivity index (χ3v) is 7.95. The number of likely N-dealkylation sites (tertiary alicyclic amines) is 1. The van der Waals surface area contributed by atoms with Crippen LogP contribution in [-0.4, -0.2) is 43.1 Å². The molecule has 3 aromatic carbocycles. The van der Waals surface area contributed by atoms with Crippen molar-refractivity contribution in [2.75, 3.05) is 25.1 Å². The van der Waals surface area contributed by atoms with Crippen LogP contribution >= 0.6 is 0 Å². The van der Waals surface area contributed by atoms with Crippen LogP contribution < -0.4 is 9.64 Å². The number of carbonyl (C=O) groups excluding carboxylic acids is 1. The van der Waals surface area contributed by atoms with E-state index < -0.39 is 0 Å². The largest absolute Gasteiger partial charge is 0.497 e. The van der Waals surface area contributed by atoms with Gasteiger partial charge in [0.05, 0.1) is 7.11 Å². The molecule has 2 fully saturated rings. The van der Waals surface area contributed by atoms with Crippen molar-refractivity contribution < 1.29 is 13.9 Å². The van der Waals surface area contributed by atoms with Crippen molar-refractivity contribution in [2.45, 2.75) is 56.5 Å². The Kier molecular flexibility index (Phi) is 7.66. The second-order valence-electron chi connectivity index (χ2n) is 10.0. The van der Waals surface area contributed by atoms with E-state index in [0.717, 1.165) is 37.4 Å². The number of anilines is 1. The van der Waals surface area contributed by atoms with Gasteiger partial charge in [0.1, 0.15) is 11.6 Å². The molecule has 36 heavy (non-hydrogen) atoms. The van der Waals surface area contributed by atoms with Crippen LogP contribution in [0.1, 0.15) is 60.4 Å². The first-order valence-electron chi connectivity index (χ1n) is 13.2. The number of ether oxygens (including phenoxy) is 1. The van der Waals surface area contributed by atoms with Crippen LogP contribution in [0.25, 0.3) is 0 Å². The second kappa shape index (κ2) is 11.3. The number of rotatable bonds is 6. The maximum absolute atomic E-state index is 13.7. The Morgan fingerprint density at radius 1 is 0.861 bits per heavy atom. The SMILES string of the molecule is COc1ccc(N(C(=O)c2ccc(F)cc2)C2CCN([C@@H]3CCCC[C@@H]3c3ccccc3)CC2)cc1. The minimum absolute atomic E-state index is 0.0848. The summed E-state index contributed by atoms with van der Waals surface area (Å²) >= 11 is 0. The van der Waals surface area contributed by atoms with Crippen molar-refractivity contribution in [2.24, 2.45) is 0 Å². The lowest BCUT2D eigenvalue weighted by molar-refractivity contribution is 0.0895. The van der Waals surface area contributed by atoms with Gasteiger partial charge < -0.3 is 9.64 Å². The van der Waals surface area contributed by atoms with Crippen molar-refractivity contribution >= 4 is 11.6 Å². The lowest BCUT2D eigenvalue weighted by Gasteiger charge is -2.45. The number of carbonyl (C=O) groups is 1. The van der Waals surface area contributed by atoms with Crippen LogP contribution in [0.3, 0.4) is 0 Å². The van der Waals surface area contributed by atoms with Crippen molar-refractivity contribution in [1.29, 1.82) is 0 Å². The molecule has 1 heterocycles. The molecule has 4 nitrogen and oxygen atoms in total. The molecule has 0 radical (unpaired) electrons. The van der Waals surface area contributed by atoms with E-state index in [9.17, 15) is 9.18 Å². The fourth-order valence-corrected chi connectivity index (χ4v) is 6.08. The van der Waals surface area contributed by atoms with Gasteiger partial charge in [-0.15, -0.1) is 0 Å².